The molecule has 1 N–H and O–H groups in total. The zero-order valence-corrected chi connectivity index (χ0v) is 19.4. The van der Waals surface area contributed by atoms with Gasteiger partial charge in [-0.15, -0.1) is 5.10 Å². The van der Waals surface area contributed by atoms with Gasteiger partial charge in [0, 0.05) is 25.2 Å². The van der Waals surface area contributed by atoms with Gasteiger partial charge in [0.15, 0.2) is 0 Å². The van der Waals surface area contributed by atoms with Crippen molar-refractivity contribution in [2.24, 2.45) is 5.92 Å². The second kappa shape index (κ2) is 9.62. The Hall–Kier alpha value is -3.39. The lowest BCUT2D eigenvalue weighted by Crippen LogP contribution is -2.43. The molecule has 1 aliphatic rings. The van der Waals surface area contributed by atoms with Crippen molar-refractivity contribution in [3.63, 3.8) is 0 Å². The normalized spacial score (nSPS) is 16.2. The summed E-state index contributed by atoms with van der Waals surface area (Å²) in [6.07, 6.45) is 4.70. The van der Waals surface area contributed by atoms with Crippen LogP contribution in [0.4, 0.5) is 5.13 Å². The van der Waals surface area contributed by atoms with Gasteiger partial charge in [-0.2, -0.15) is 0 Å². The zero-order valence-electron chi connectivity index (χ0n) is 18.6. The number of amides is 1. The highest BCUT2D eigenvalue weighted by molar-refractivity contribution is 7.20. The largest absolute Gasteiger partial charge is 0.497 e. The lowest BCUT2D eigenvalue weighted by Gasteiger charge is -2.31. The van der Waals surface area contributed by atoms with Crippen LogP contribution in [0.2, 0.25) is 0 Å². The zero-order chi connectivity index (χ0) is 22.6. The molecule has 2 aromatic heterocycles. The van der Waals surface area contributed by atoms with Crippen molar-refractivity contribution in [1.29, 1.82) is 0 Å². The Morgan fingerprint density at radius 3 is 2.76 bits per heavy atom. The third-order valence-corrected chi connectivity index (χ3v) is 7.02. The molecule has 0 aliphatic carbocycles. The van der Waals surface area contributed by atoms with Gasteiger partial charge in [0.25, 0.3) is 0 Å². The number of hydrogen-bond acceptors (Lipinski definition) is 6. The van der Waals surface area contributed by atoms with Crippen molar-refractivity contribution in [2.75, 3.05) is 31.6 Å². The number of imidazole rings is 1. The first-order valence-electron chi connectivity index (χ1n) is 11.3. The minimum absolute atomic E-state index is 0.0133. The fourth-order valence-corrected chi connectivity index (χ4v) is 5.12. The van der Waals surface area contributed by atoms with Gasteiger partial charge in [-0.25, -0.2) is 9.50 Å². The van der Waals surface area contributed by atoms with E-state index < -0.39 is 0 Å². The summed E-state index contributed by atoms with van der Waals surface area (Å²) in [5, 5.41) is 8.79. The third kappa shape index (κ3) is 4.85. The Kier molecular flexibility index (Phi) is 6.26. The van der Waals surface area contributed by atoms with Crippen LogP contribution < -0.4 is 15.0 Å². The number of carbonyl (C=O) groups is 1. The highest BCUT2D eigenvalue weighted by Gasteiger charge is 2.27. The van der Waals surface area contributed by atoms with Crippen LogP contribution in [-0.4, -0.2) is 47.2 Å². The fraction of sp³-hybridized carbons (Fsp3) is 0.320. The predicted molar refractivity (Wildman–Crippen MR) is 131 cm³/mol. The number of benzene rings is 2. The second-order valence-electron chi connectivity index (χ2n) is 8.28. The summed E-state index contributed by atoms with van der Waals surface area (Å²) >= 11 is 1.57. The lowest BCUT2D eigenvalue weighted by atomic mass is 9.97. The molecule has 0 saturated carbocycles. The van der Waals surface area contributed by atoms with Crippen molar-refractivity contribution >= 4 is 27.3 Å². The predicted octanol–water partition coefficient (Wildman–Crippen LogP) is 4.04. The van der Waals surface area contributed by atoms with E-state index in [1.54, 1.807) is 18.4 Å². The minimum Gasteiger partial charge on any atom is -0.497 e. The lowest BCUT2D eigenvalue weighted by molar-refractivity contribution is -0.125. The molecule has 1 atom stereocenters. The third-order valence-electron chi connectivity index (χ3n) is 6.04. The number of nitrogens with zero attached hydrogens (tertiary/aromatic N) is 4. The minimum atomic E-state index is -0.0133. The molecule has 8 heteroatoms. The fourth-order valence-electron chi connectivity index (χ4n) is 4.20. The van der Waals surface area contributed by atoms with Crippen molar-refractivity contribution in [3.8, 4) is 17.0 Å². The van der Waals surface area contributed by atoms with Crippen LogP contribution in [-0.2, 0) is 11.2 Å². The molecule has 3 heterocycles. The molecule has 0 spiro atoms. The van der Waals surface area contributed by atoms with E-state index >= 15 is 0 Å². The van der Waals surface area contributed by atoms with E-state index in [1.165, 1.54) is 5.56 Å². The van der Waals surface area contributed by atoms with Crippen molar-refractivity contribution in [3.05, 3.63) is 66.4 Å². The first-order valence-corrected chi connectivity index (χ1v) is 12.1. The number of fused-ring (bicyclic) bond motifs is 1. The molecule has 33 heavy (non-hydrogen) atoms. The van der Waals surface area contributed by atoms with Crippen LogP contribution >= 0.6 is 11.3 Å². The first kappa shape index (κ1) is 21.5. The van der Waals surface area contributed by atoms with E-state index in [1.807, 2.05) is 53.2 Å². The van der Waals surface area contributed by atoms with E-state index in [4.69, 9.17) is 14.8 Å². The van der Waals surface area contributed by atoms with E-state index in [2.05, 4.69) is 22.3 Å². The molecule has 7 nitrogen and oxygen atoms in total. The average Bonchev–Trinajstić information content (AvgIpc) is 3.45. The van der Waals surface area contributed by atoms with Crippen LogP contribution in [0.1, 0.15) is 18.4 Å². The Morgan fingerprint density at radius 1 is 1.18 bits per heavy atom. The Morgan fingerprint density at radius 2 is 2.00 bits per heavy atom. The molecule has 170 valence electrons. The molecule has 1 unspecified atom stereocenters. The molecule has 1 aliphatic heterocycles. The van der Waals surface area contributed by atoms with E-state index in [0.29, 0.717) is 13.1 Å². The number of aromatic nitrogens is 3. The quantitative estimate of drug-likeness (QED) is 0.450. The van der Waals surface area contributed by atoms with Gasteiger partial charge in [0.2, 0.25) is 16.0 Å². The molecular weight excluding hydrogens is 434 g/mol. The molecule has 5 rings (SSSR count). The number of ether oxygens (including phenoxy) is 1. The first-order chi connectivity index (χ1) is 16.2. The number of rotatable bonds is 7. The van der Waals surface area contributed by atoms with Crippen LogP contribution in [0.3, 0.4) is 0 Å². The van der Waals surface area contributed by atoms with Crippen LogP contribution in [0.5, 0.6) is 5.75 Å². The van der Waals surface area contributed by atoms with Crippen molar-refractivity contribution < 1.29 is 9.53 Å². The van der Waals surface area contributed by atoms with Crippen molar-refractivity contribution in [2.45, 2.75) is 19.3 Å². The maximum Gasteiger partial charge on any atom is 0.224 e. The Bertz CT molecular complexity index is 1190. The van der Waals surface area contributed by atoms with E-state index in [9.17, 15) is 4.79 Å². The number of carbonyl (C=O) groups excluding carboxylic acids is 1. The average molecular weight is 462 g/mol. The summed E-state index contributed by atoms with van der Waals surface area (Å²) in [5.41, 5.74) is 3.15. The number of hydrogen-bond donors (Lipinski definition) is 1. The molecule has 1 saturated heterocycles. The highest BCUT2D eigenvalue weighted by atomic mass is 32.1. The molecule has 4 aromatic rings. The molecule has 1 fully saturated rings. The van der Waals surface area contributed by atoms with Crippen molar-refractivity contribution in [1.82, 2.24) is 19.9 Å². The molecule has 0 bridgehead atoms. The monoisotopic (exact) mass is 461 g/mol. The van der Waals surface area contributed by atoms with Gasteiger partial charge >= 0.3 is 0 Å². The maximum atomic E-state index is 12.8. The number of anilines is 1. The van der Waals surface area contributed by atoms with Crippen LogP contribution in [0.25, 0.3) is 16.2 Å². The molecule has 2 aromatic carbocycles. The highest BCUT2D eigenvalue weighted by Crippen LogP contribution is 2.30. The SMILES string of the molecule is COc1ccc(-c2cn3nc(N4CCCC(C(=O)NCCc5ccccc5)C4)sc3n2)cc1. The van der Waals surface area contributed by atoms with Gasteiger partial charge in [-0.3, -0.25) is 4.79 Å². The van der Waals surface area contributed by atoms with Gasteiger partial charge in [0.05, 0.1) is 24.9 Å². The van der Waals surface area contributed by atoms with Gasteiger partial charge in [0.1, 0.15) is 5.75 Å². The second-order valence-corrected chi connectivity index (χ2v) is 9.21. The van der Waals surface area contributed by atoms with Crippen LogP contribution in [0.15, 0.2) is 60.8 Å². The summed E-state index contributed by atoms with van der Waals surface area (Å²) in [6.45, 7) is 2.27. The number of methoxy groups -OCH3 is 1. The number of piperidine rings is 1. The van der Waals surface area contributed by atoms with Gasteiger partial charge in [-0.1, -0.05) is 41.7 Å². The summed E-state index contributed by atoms with van der Waals surface area (Å²) in [5.74, 6) is 0.947. The standard InChI is InChI=1S/C25H27N5O2S/c1-32-21-11-9-19(10-12-21)22-17-30-24(27-22)33-25(28-30)29-15-5-8-20(16-29)23(31)26-14-13-18-6-3-2-4-7-18/h2-4,6-7,9-12,17,20H,5,8,13-16H2,1H3,(H,26,31). The number of nitrogens with one attached hydrogen (secondary N) is 1. The van der Waals surface area contributed by atoms with E-state index in [0.717, 1.165) is 52.9 Å². The van der Waals surface area contributed by atoms with E-state index in [-0.39, 0.29) is 11.8 Å². The Balaban J connectivity index is 1.21. The maximum absolute atomic E-state index is 12.8. The van der Waals surface area contributed by atoms with Gasteiger partial charge < -0.3 is 15.0 Å². The van der Waals surface area contributed by atoms with Crippen LogP contribution in [0, 0.1) is 5.92 Å². The smallest absolute Gasteiger partial charge is 0.224 e. The summed E-state index contributed by atoms with van der Waals surface area (Å²) in [4.78, 5) is 20.6. The summed E-state index contributed by atoms with van der Waals surface area (Å²) in [7, 11) is 1.66. The molecule has 1 amide bonds. The molecular formula is C25H27N5O2S. The summed E-state index contributed by atoms with van der Waals surface area (Å²) < 4.78 is 7.07. The van der Waals surface area contributed by atoms with Gasteiger partial charge in [-0.05, 0) is 49.1 Å². The summed E-state index contributed by atoms with van der Waals surface area (Å²) in [6, 6.07) is 18.1. The topological polar surface area (TPSA) is 71.8 Å². The Labute approximate surface area is 197 Å². The molecule has 0 radical (unpaired) electrons.